The fourth-order valence-corrected chi connectivity index (χ4v) is 3.79. The highest BCUT2D eigenvalue weighted by Gasteiger charge is 2.21. The van der Waals surface area contributed by atoms with Crippen LogP contribution in [0.25, 0.3) is 6.08 Å². The minimum Gasteiger partial charge on any atom is -0.507 e. The predicted octanol–water partition coefficient (Wildman–Crippen LogP) is 4.66. The van der Waals surface area contributed by atoms with Crippen LogP contribution >= 0.6 is 0 Å². The highest BCUT2D eigenvalue weighted by Crippen LogP contribution is 2.40. The summed E-state index contributed by atoms with van der Waals surface area (Å²) in [5.74, 6) is 2.42. The standard InChI is InChI=1S/C24H31NO4/c1-27-19-12-10-18(11-13-19)8-7-9-20-22(28-2)16-23(29-3)21(24(20)26)17-25-14-5-4-6-15-25/h7-8,10-13,16,26H,4-6,9,14-15,17H2,1-3H3/b8-7+. The van der Waals surface area contributed by atoms with Gasteiger partial charge in [0.1, 0.15) is 23.0 Å². The molecule has 2 aromatic rings. The first-order valence-corrected chi connectivity index (χ1v) is 10.1. The van der Waals surface area contributed by atoms with Gasteiger partial charge in [-0.3, -0.25) is 4.90 Å². The average molecular weight is 398 g/mol. The molecule has 0 unspecified atom stereocenters. The molecule has 1 aliphatic rings. The van der Waals surface area contributed by atoms with Crippen LogP contribution in [0.4, 0.5) is 0 Å². The molecule has 0 aromatic heterocycles. The number of methoxy groups -OCH3 is 3. The van der Waals surface area contributed by atoms with E-state index in [-0.39, 0.29) is 5.75 Å². The lowest BCUT2D eigenvalue weighted by Gasteiger charge is -2.28. The third-order valence-electron chi connectivity index (χ3n) is 5.45. The Morgan fingerprint density at radius 3 is 2.17 bits per heavy atom. The third-order valence-corrected chi connectivity index (χ3v) is 5.45. The first-order valence-electron chi connectivity index (χ1n) is 10.1. The van der Waals surface area contributed by atoms with Crippen molar-refractivity contribution in [2.75, 3.05) is 34.4 Å². The molecule has 0 atom stereocenters. The summed E-state index contributed by atoms with van der Waals surface area (Å²) in [4.78, 5) is 2.38. The maximum atomic E-state index is 11.1. The number of nitrogens with zero attached hydrogens (tertiary/aromatic N) is 1. The van der Waals surface area contributed by atoms with Crippen molar-refractivity contribution >= 4 is 6.08 Å². The van der Waals surface area contributed by atoms with Crippen LogP contribution in [0.5, 0.6) is 23.0 Å². The summed E-state index contributed by atoms with van der Waals surface area (Å²) in [6.07, 6.45) is 8.33. The molecule has 0 saturated carbocycles. The van der Waals surface area contributed by atoms with Gasteiger partial charge in [-0.25, -0.2) is 0 Å². The molecule has 0 radical (unpaired) electrons. The predicted molar refractivity (Wildman–Crippen MR) is 116 cm³/mol. The van der Waals surface area contributed by atoms with E-state index in [0.717, 1.165) is 35.5 Å². The number of piperidine rings is 1. The number of hydrogen-bond donors (Lipinski definition) is 1. The van der Waals surface area contributed by atoms with Gasteiger partial charge in [-0.15, -0.1) is 0 Å². The molecule has 1 aliphatic heterocycles. The molecule has 156 valence electrons. The summed E-state index contributed by atoms with van der Waals surface area (Å²) < 4.78 is 16.3. The van der Waals surface area contributed by atoms with E-state index in [2.05, 4.69) is 4.90 Å². The summed E-state index contributed by atoms with van der Waals surface area (Å²) in [6.45, 7) is 2.80. The molecule has 0 aliphatic carbocycles. The Labute approximate surface area is 173 Å². The lowest BCUT2D eigenvalue weighted by Crippen LogP contribution is -2.29. The van der Waals surface area contributed by atoms with E-state index >= 15 is 0 Å². The Balaban J connectivity index is 1.83. The summed E-state index contributed by atoms with van der Waals surface area (Å²) >= 11 is 0. The topological polar surface area (TPSA) is 51.2 Å². The highest BCUT2D eigenvalue weighted by atomic mass is 16.5. The van der Waals surface area contributed by atoms with Crippen molar-refractivity contribution in [1.82, 2.24) is 4.90 Å². The molecule has 0 spiro atoms. The first-order chi connectivity index (χ1) is 14.2. The fourth-order valence-electron chi connectivity index (χ4n) is 3.79. The zero-order chi connectivity index (χ0) is 20.6. The van der Waals surface area contributed by atoms with Gasteiger partial charge in [-0.2, -0.15) is 0 Å². The summed E-state index contributed by atoms with van der Waals surface area (Å²) in [7, 11) is 4.91. The van der Waals surface area contributed by atoms with Gasteiger partial charge in [0.25, 0.3) is 0 Å². The molecule has 5 heteroatoms. The number of rotatable bonds is 8. The van der Waals surface area contributed by atoms with E-state index < -0.39 is 0 Å². The summed E-state index contributed by atoms with van der Waals surface area (Å²) in [5, 5.41) is 11.1. The van der Waals surface area contributed by atoms with E-state index in [0.29, 0.717) is 24.5 Å². The van der Waals surface area contributed by atoms with Crippen molar-refractivity contribution in [3.63, 3.8) is 0 Å². The largest absolute Gasteiger partial charge is 0.507 e. The molecule has 1 saturated heterocycles. The number of ether oxygens (including phenoxy) is 3. The number of aromatic hydroxyl groups is 1. The smallest absolute Gasteiger partial charge is 0.131 e. The Bertz CT molecular complexity index is 824. The molecule has 5 nitrogen and oxygen atoms in total. The number of likely N-dealkylation sites (tertiary alicyclic amines) is 1. The number of benzene rings is 2. The van der Waals surface area contributed by atoms with Gasteiger partial charge in [0.05, 0.1) is 26.9 Å². The maximum absolute atomic E-state index is 11.1. The molecular weight excluding hydrogens is 366 g/mol. The van der Waals surface area contributed by atoms with Crippen molar-refractivity contribution in [3.05, 3.63) is 53.1 Å². The molecule has 0 bridgehead atoms. The van der Waals surface area contributed by atoms with Crippen LogP contribution in [0.3, 0.4) is 0 Å². The lowest BCUT2D eigenvalue weighted by atomic mass is 10.0. The molecule has 2 aromatic carbocycles. The number of allylic oxidation sites excluding steroid dienone is 1. The third kappa shape index (κ3) is 5.24. The molecule has 29 heavy (non-hydrogen) atoms. The summed E-state index contributed by atoms with van der Waals surface area (Å²) in [5.41, 5.74) is 2.69. The quantitative estimate of drug-likeness (QED) is 0.702. The van der Waals surface area contributed by atoms with E-state index in [9.17, 15) is 5.11 Å². The zero-order valence-electron chi connectivity index (χ0n) is 17.6. The van der Waals surface area contributed by atoms with E-state index in [4.69, 9.17) is 14.2 Å². The van der Waals surface area contributed by atoms with Crippen LogP contribution in [-0.2, 0) is 13.0 Å². The lowest BCUT2D eigenvalue weighted by molar-refractivity contribution is 0.215. The summed E-state index contributed by atoms with van der Waals surface area (Å²) in [6, 6.07) is 9.75. The monoisotopic (exact) mass is 397 g/mol. The Morgan fingerprint density at radius 2 is 1.55 bits per heavy atom. The Hall–Kier alpha value is -2.66. The average Bonchev–Trinajstić information content (AvgIpc) is 2.77. The van der Waals surface area contributed by atoms with E-state index in [1.165, 1.54) is 19.3 Å². The van der Waals surface area contributed by atoms with Crippen LogP contribution in [-0.4, -0.2) is 44.4 Å². The van der Waals surface area contributed by atoms with Gasteiger partial charge in [0.15, 0.2) is 0 Å². The van der Waals surface area contributed by atoms with Crippen molar-refractivity contribution in [2.24, 2.45) is 0 Å². The van der Waals surface area contributed by atoms with E-state index in [1.54, 1.807) is 21.3 Å². The van der Waals surface area contributed by atoms with Gasteiger partial charge < -0.3 is 19.3 Å². The van der Waals surface area contributed by atoms with Gasteiger partial charge in [0, 0.05) is 18.2 Å². The molecule has 1 fully saturated rings. The fraction of sp³-hybridized carbons (Fsp3) is 0.417. The highest BCUT2D eigenvalue weighted by molar-refractivity contribution is 5.59. The van der Waals surface area contributed by atoms with Crippen LogP contribution in [0.2, 0.25) is 0 Å². The molecule has 1 N–H and O–H groups in total. The second-order valence-electron chi connectivity index (χ2n) is 7.30. The second kappa shape index (κ2) is 10.2. The van der Waals surface area contributed by atoms with Crippen molar-refractivity contribution < 1.29 is 19.3 Å². The first kappa shape index (κ1) is 21.1. The molecule has 3 rings (SSSR count). The van der Waals surface area contributed by atoms with Gasteiger partial charge >= 0.3 is 0 Å². The van der Waals surface area contributed by atoms with E-state index in [1.807, 2.05) is 42.5 Å². The van der Waals surface area contributed by atoms with Crippen LogP contribution in [0.15, 0.2) is 36.4 Å². The van der Waals surface area contributed by atoms with Gasteiger partial charge in [0.2, 0.25) is 0 Å². The Morgan fingerprint density at radius 1 is 0.897 bits per heavy atom. The number of phenolic OH excluding ortho intramolecular Hbond substituents is 1. The van der Waals surface area contributed by atoms with Crippen LogP contribution < -0.4 is 14.2 Å². The maximum Gasteiger partial charge on any atom is 0.131 e. The zero-order valence-corrected chi connectivity index (χ0v) is 17.6. The van der Waals surface area contributed by atoms with Crippen LogP contribution in [0.1, 0.15) is 36.0 Å². The van der Waals surface area contributed by atoms with Crippen molar-refractivity contribution in [3.8, 4) is 23.0 Å². The Kier molecular flexibility index (Phi) is 7.42. The molecular formula is C24H31NO4. The number of phenols is 1. The van der Waals surface area contributed by atoms with Gasteiger partial charge in [-0.1, -0.05) is 30.7 Å². The molecule has 0 amide bonds. The normalized spacial score (nSPS) is 14.9. The van der Waals surface area contributed by atoms with Crippen molar-refractivity contribution in [2.45, 2.75) is 32.2 Å². The second-order valence-corrected chi connectivity index (χ2v) is 7.30. The SMILES string of the molecule is COc1ccc(/C=C/Cc2c(OC)cc(OC)c(CN3CCCCC3)c2O)cc1. The molecule has 1 heterocycles. The number of hydrogen-bond acceptors (Lipinski definition) is 5. The minimum atomic E-state index is 0.270. The van der Waals surface area contributed by atoms with Crippen LogP contribution in [0, 0.1) is 0 Å². The van der Waals surface area contributed by atoms with Crippen molar-refractivity contribution in [1.29, 1.82) is 0 Å². The minimum absolute atomic E-state index is 0.270. The van der Waals surface area contributed by atoms with Gasteiger partial charge in [-0.05, 0) is 50.0 Å².